The van der Waals surface area contributed by atoms with Crippen LogP contribution in [0.3, 0.4) is 0 Å². The average molecular weight is 246 g/mol. The lowest BCUT2D eigenvalue weighted by Gasteiger charge is -2.22. The van der Waals surface area contributed by atoms with Crippen LogP contribution in [-0.4, -0.2) is 18.4 Å². The Morgan fingerprint density at radius 3 is 2.62 bits per heavy atom. The van der Waals surface area contributed by atoms with Crippen LogP contribution in [0.2, 0.25) is 0 Å². The first-order valence-corrected chi connectivity index (χ1v) is 5.47. The molecule has 0 aliphatic carbocycles. The molecule has 0 saturated carbocycles. The van der Waals surface area contributed by atoms with Crippen LogP contribution in [0.15, 0.2) is 24.3 Å². The minimum atomic E-state index is -0.148. The zero-order valence-electron chi connectivity index (χ0n) is 7.63. The van der Waals surface area contributed by atoms with E-state index >= 15 is 0 Å². The number of alkyl halides is 1. The summed E-state index contributed by atoms with van der Waals surface area (Å²) in [7, 11) is 0. The highest BCUT2D eigenvalue weighted by Crippen LogP contribution is 2.17. The van der Waals surface area contributed by atoms with E-state index in [1.165, 1.54) is 6.07 Å². The molecule has 1 rings (SSSR count). The molecule has 0 aromatic heterocycles. The van der Waals surface area contributed by atoms with E-state index in [2.05, 4.69) is 15.9 Å². The van der Waals surface area contributed by atoms with E-state index in [0.29, 0.717) is 5.69 Å². The smallest absolute Gasteiger partial charge is 0.146 e. The lowest BCUT2D eigenvalue weighted by Crippen LogP contribution is -2.25. The second-order valence-corrected chi connectivity index (χ2v) is 3.51. The van der Waals surface area contributed by atoms with Crippen molar-refractivity contribution in [3.8, 4) is 0 Å². The Labute approximate surface area is 86.7 Å². The third-order valence-electron chi connectivity index (χ3n) is 1.93. The third kappa shape index (κ3) is 2.69. The van der Waals surface area contributed by atoms with Gasteiger partial charge in [0.25, 0.3) is 0 Å². The SMILES string of the molecule is CCN(CCBr)c1ccccc1F. The molecule has 1 aromatic carbocycles. The number of benzene rings is 1. The van der Waals surface area contributed by atoms with Crippen molar-refractivity contribution in [2.24, 2.45) is 0 Å². The molecular formula is C10H13BrFN. The lowest BCUT2D eigenvalue weighted by atomic mass is 10.2. The molecule has 0 bridgehead atoms. The van der Waals surface area contributed by atoms with Gasteiger partial charge in [-0.2, -0.15) is 0 Å². The van der Waals surface area contributed by atoms with Crippen LogP contribution >= 0.6 is 15.9 Å². The van der Waals surface area contributed by atoms with Gasteiger partial charge in [0, 0.05) is 18.4 Å². The fraction of sp³-hybridized carbons (Fsp3) is 0.400. The van der Waals surface area contributed by atoms with E-state index in [4.69, 9.17) is 0 Å². The van der Waals surface area contributed by atoms with Gasteiger partial charge in [0.1, 0.15) is 5.82 Å². The highest BCUT2D eigenvalue weighted by molar-refractivity contribution is 9.09. The normalized spacial score (nSPS) is 10.1. The highest BCUT2D eigenvalue weighted by Gasteiger charge is 2.07. The molecule has 0 saturated heterocycles. The first-order valence-electron chi connectivity index (χ1n) is 4.35. The van der Waals surface area contributed by atoms with Crippen molar-refractivity contribution in [3.05, 3.63) is 30.1 Å². The van der Waals surface area contributed by atoms with Gasteiger partial charge in [-0.15, -0.1) is 0 Å². The number of anilines is 1. The van der Waals surface area contributed by atoms with Crippen molar-refractivity contribution in [2.75, 3.05) is 23.3 Å². The van der Waals surface area contributed by atoms with Crippen LogP contribution in [0.4, 0.5) is 10.1 Å². The maximum Gasteiger partial charge on any atom is 0.146 e. The van der Waals surface area contributed by atoms with Crippen molar-refractivity contribution in [3.63, 3.8) is 0 Å². The molecule has 0 N–H and O–H groups in total. The number of rotatable bonds is 4. The molecule has 72 valence electrons. The highest BCUT2D eigenvalue weighted by atomic mass is 79.9. The van der Waals surface area contributed by atoms with E-state index in [9.17, 15) is 4.39 Å². The van der Waals surface area contributed by atoms with E-state index in [1.807, 2.05) is 24.0 Å². The molecule has 1 aromatic rings. The van der Waals surface area contributed by atoms with Gasteiger partial charge in [-0.3, -0.25) is 0 Å². The van der Waals surface area contributed by atoms with E-state index in [-0.39, 0.29) is 5.82 Å². The van der Waals surface area contributed by atoms with Gasteiger partial charge >= 0.3 is 0 Å². The third-order valence-corrected chi connectivity index (χ3v) is 2.28. The predicted octanol–water partition coefficient (Wildman–Crippen LogP) is 3.05. The Bertz CT molecular complexity index is 265. The molecule has 13 heavy (non-hydrogen) atoms. The summed E-state index contributed by atoms with van der Waals surface area (Å²) in [6.07, 6.45) is 0. The van der Waals surface area contributed by atoms with Crippen LogP contribution < -0.4 is 4.90 Å². The van der Waals surface area contributed by atoms with Crippen LogP contribution in [-0.2, 0) is 0 Å². The summed E-state index contributed by atoms with van der Waals surface area (Å²) >= 11 is 3.35. The monoisotopic (exact) mass is 245 g/mol. The zero-order valence-corrected chi connectivity index (χ0v) is 9.22. The van der Waals surface area contributed by atoms with Crippen molar-refractivity contribution in [1.29, 1.82) is 0 Å². The summed E-state index contributed by atoms with van der Waals surface area (Å²) < 4.78 is 13.3. The molecule has 0 unspecified atom stereocenters. The molecule has 0 spiro atoms. The fourth-order valence-corrected chi connectivity index (χ4v) is 1.69. The Hall–Kier alpha value is -0.570. The summed E-state index contributed by atoms with van der Waals surface area (Å²) in [5.74, 6) is -0.148. The van der Waals surface area contributed by atoms with E-state index < -0.39 is 0 Å². The van der Waals surface area contributed by atoms with Gasteiger partial charge in [0.2, 0.25) is 0 Å². The van der Waals surface area contributed by atoms with Gasteiger partial charge in [-0.25, -0.2) is 4.39 Å². The van der Waals surface area contributed by atoms with Crippen molar-refractivity contribution >= 4 is 21.6 Å². The van der Waals surface area contributed by atoms with Gasteiger partial charge < -0.3 is 4.90 Å². The Kier molecular flexibility index (Phi) is 4.22. The van der Waals surface area contributed by atoms with Crippen LogP contribution in [0.5, 0.6) is 0 Å². The molecule has 0 radical (unpaired) electrons. The topological polar surface area (TPSA) is 3.24 Å². The first-order chi connectivity index (χ1) is 6.29. The maximum atomic E-state index is 13.3. The molecular weight excluding hydrogens is 233 g/mol. The maximum absolute atomic E-state index is 13.3. The van der Waals surface area contributed by atoms with Crippen LogP contribution in [0.25, 0.3) is 0 Å². The summed E-state index contributed by atoms with van der Waals surface area (Å²) in [5, 5.41) is 0.856. The Balaban J connectivity index is 2.84. The summed E-state index contributed by atoms with van der Waals surface area (Å²) in [6.45, 7) is 3.68. The zero-order chi connectivity index (χ0) is 9.68. The van der Waals surface area contributed by atoms with Gasteiger partial charge in [0.05, 0.1) is 5.69 Å². The minimum absolute atomic E-state index is 0.148. The standard InChI is InChI=1S/C10H13BrFN/c1-2-13(8-7-11)10-6-4-3-5-9(10)12/h3-6H,2,7-8H2,1H3. The molecule has 0 atom stereocenters. The molecule has 3 heteroatoms. The van der Waals surface area contributed by atoms with E-state index in [0.717, 1.165) is 18.4 Å². The number of halogens is 2. The van der Waals surface area contributed by atoms with Gasteiger partial charge in [-0.1, -0.05) is 28.1 Å². The second kappa shape index (κ2) is 5.22. The van der Waals surface area contributed by atoms with Crippen LogP contribution in [0, 0.1) is 5.82 Å². The number of para-hydroxylation sites is 1. The Morgan fingerprint density at radius 1 is 1.38 bits per heavy atom. The number of hydrogen-bond acceptors (Lipinski definition) is 1. The van der Waals surface area contributed by atoms with Crippen LogP contribution in [0.1, 0.15) is 6.92 Å². The molecule has 0 heterocycles. The van der Waals surface area contributed by atoms with Gasteiger partial charge in [-0.05, 0) is 19.1 Å². The minimum Gasteiger partial charge on any atom is -0.369 e. The predicted molar refractivity (Wildman–Crippen MR) is 58.1 cm³/mol. The van der Waals surface area contributed by atoms with Crippen molar-refractivity contribution in [2.45, 2.75) is 6.92 Å². The molecule has 1 nitrogen and oxygen atoms in total. The molecule has 0 aliphatic heterocycles. The first kappa shape index (κ1) is 10.5. The molecule has 0 amide bonds. The quantitative estimate of drug-likeness (QED) is 0.738. The second-order valence-electron chi connectivity index (χ2n) is 2.72. The molecule has 0 aliphatic rings. The van der Waals surface area contributed by atoms with Crippen molar-refractivity contribution < 1.29 is 4.39 Å². The van der Waals surface area contributed by atoms with E-state index in [1.54, 1.807) is 6.07 Å². The molecule has 0 fully saturated rings. The van der Waals surface area contributed by atoms with Crippen molar-refractivity contribution in [1.82, 2.24) is 0 Å². The summed E-state index contributed by atoms with van der Waals surface area (Å²) in [5.41, 5.74) is 0.685. The fourth-order valence-electron chi connectivity index (χ4n) is 1.26. The number of nitrogens with zero attached hydrogens (tertiary/aromatic N) is 1. The summed E-state index contributed by atoms with van der Waals surface area (Å²) in [4.78, 5) is 2.00. The van der Waals surface area contributed by atoms with Gasteiger partial charge in [0.15, 0.2) is 0 Å². The average Bonchev–Trinajstić information content (AvgIpc) is 2.16. The number of hydrogen-bond donors (Lipinski definition) is 0. The Morgan fingerprint density at radius 2 is 2.08 bits per heavy atom. The largest absolute Gasteiger partial charge is 0.369 e. The lowest BCUT2D eigenvalue weighted by molar-refractivity contribution is 0.620. The summed E-state index contributed by atoms with van der Waals surface area (Å²) in [6, 6.07) is 6.86.